The zero-order chi connectivity index (χ0) is 19.6. The number of halogens is 1. The Morgan fingerprint density at radius 2 is 1.59 bits per heavy atom. The van der Waals surface area contributed by atoms with E-state index in [-0.39, 0.29) is 16.3 Å². The van der Waals surface area contributed by atoms with Crippen molar-refractivity contribution in [3.05, 3.63) is 70.8 Å². The first kappa shape index (κ1) is 19.0. The average Bonchev–Trinajstić information content (AvgIpc) is 2.63. The number of benzene rings is 2. The summed E-state index contributed by atoms with van der Waals surface area (Å²) >= 11 is 0. The molecule has 2 aromatic carbocycles. The first-order valence-electron chi connectivity index (χ1n) is 8.48. The summed E-state index contributed by atoms with van der Waals surface area (Å²) in [6, 6.07) is 13.6. The van der Waals surface area contributed by atoms with Gasteiger partial charge in [-0.25, -0.2) is 17.5 Å². The summed E-state index contributed by atoms with van der Waals surface area (Å²) in [6.07, 6.45) is 1.89. The Balaban J connectivity index is 2.20. The number of nitrogens with zero attached hydrogens (tertiary/aromatic N) is 2. The summed E-state index contributed by atoms with van der Waals surface area (Å²) in [5.74, 6) is -0.361. The van der Waals surface area contributed by atoms with Crippen molar-refractivity contribution in [3.63, 3.8) is 0 Å². The molecule has 3 aromatic rings. The van der Waals surface area contributed by atoms with Gasteiger partial charge >= 0.3 is 0 Å². The number of aryl methyl sites for hydroxylation is 1. The van der Waals surface area contributed by atoms with E-state index >= 15 is 0 Å². The van der Waals surface area contributed by atoms with Crippen LogP contribution in [0.3, 0.4) is 0 Å². The highest BCUT2D eigenvalue weighted by Crippen LogP contribution is 2.30. The van der Waals surface area contributed by atoms with Gasteiger partial charge in [0.2, 0.25) is 0 Å². The molecule has 0 aliphatic carbocycles. The number of sulfone groups is 1. The first-order chi connectivity index (χ1) is 12.8. The van der Waals surface area contributed by atoms with Crippen molar-refractivity contribution >= 4 is 9.84 Å². The second-order valence-corrected chi connectivity index (χ2v) is 8.29. The van der Waals surface area contributed by atoms with Crippen molar-refractivity contribution in [1.82, 2.24) is 9.78 Å². The fraction of sp³-hybridized carbons (Fsp3) is 0.200. The van der Waals surface area contributed by atoms with Gasteiger partial charge in [0.05, 0.1) is 10.6 Å². The van der Waals surface area contributed by atoms with Gasteiger partial charge in [0, 0.05) is 30.0 Å². The lowest BCUT2D eigenvalue weighted by Gasteiger charge is -2.12. The second-order valence-electron chi connectivity index (χ2n) is 6.27. The maximum absolute atomic E-state index is 13.3. The minimum atomic E-state index is -3.31. The number of rotatable bonds is 5. The molecule has 1 aromatic heterocycles. The molecule has 0 radical (unpaired) electrons. The third-order valence-electron chi connectivity index (χ3n) is 4.14. The van der Waals surface area contributed by atoms with Crippen LogP contribution in [0.5, 0.6) is 0 Å². The lowest BCUT2D eigenvalue weighted by molar-refractivity contribution is 0.571. The average molecular weight is 386 g/mol. The molecule has 5 nitrogen and oxygen atoms in total. The van der Waals surface area contributed by atoms with Gasteiger partial charge in [-0.05, 0) is 48.4 Å². The highest BCUT2D eigenvalue weighted by molar-refractivity contribution is 7.90. The summed E-state index contributed by atoms with van der Waals surface area (Å²) in [5.41, 5.74) is 2.19. The van der Waals surface area contributed by atoms with Gasteiger partial charge in [-0.15, -0.1) is 0 Å². The fourth-order valence-electron chi connectivity index (χ4n) is 2.78. The lowest BCUT2D eigenvalue weighted by atomic mass is 10.00. The number of hydrogen-bond donors (Lipinski definition) is 0. The minimum absolute atomic E-state index is 0.196. The normalized spacial score (nSPS) is 11.5. The van der Waals surface area contributed by atoms with Crippen LogP contribution in [0.25, 0.3) is 22.4 Å². The SMILES string of the molecule is CCCn1nc(-c2ccc(F)cc2)c(-c2ccc(S(C)(=O)=O)cc2)cc1=O. The van der Waals surface area contributed by atoms with Crippen molar-refractivity contribution in [2.24, 2.45) is 0 Å². The smallest absolute Gasteiger partial charge is 0.267 e. The van der Waals surface area contributed by atoms with E-state index in [2.05, 4.69) is 5.10 Å². The van der Waals surface area contributed by atoms with Gasteiger partial charge in [0.15, 0.2) is 9.84 Å². The van der Waals surface area contributed by atoms with Crippen LogP contribution in [0.4, 0.5) is 4.39 Å². The second kappa shape index (κ2) is 7.44. The van der Waals surface area contributed by atoms with E-state index in [9.17, 15) is 17.6 Å². The van der Waals surface area contributed by atoms with Gasteiger partial charge in [-0.1, -0.05) is 19.1 Å². The third-order valence-corrected chi connectivity index (χ3v) is 5.27. The Kier molecular flexibility index (Phi) is 5.23. The van der Waals surface area contributed by atoms with Crippen LogP contribution in [0.2, 0.25) is 0 Å². The van der Waals surface area contributed by atoms with Gasteiger partial charge in [-0.3, -0.25) is 4.79 Å². The van der Waals surface area contributed by atoms with Gasteiger partial charge < -0.3 is 0 Å². The largest absolute Gasteiger partial charge is 0.268 e. The maximum atomic E-state index is 13.3. The monoisotopic (exact) mass is 386 g/mol. The van der Waals surface area contributed by atoms with Crippen LogP contribution in [-0.4, -0.2) is 24.5 Å². The fourth-order valence-corrected chi connectivity index (χ4v) is 3.42. The van der Waals surface area contributed by atoms with E-state index in [1.807, 2.05) is 6.92 Å². The van der Waals surface area contributed by atoms with Gasteiger partial charge in [0.1, 0.15) is 5.82 Å². The highest BCUT2D eigenvalue weighted by Gasteiger charge is 2.14. The summed E-state index contributed by atoms with van der Waals surface area (Å²) in [5, 5.41) is 4.47. The van der Waals surface area contributed by atoms with Crippen molar-refractivity contribution in [2.45, 2.75) is 24.8 Å². The van der Waals surface area contributed by atoms with Crippen LogP contribution in [0.15, 0.2) is 64.3 Å². The zero-order valence-corrected chi connectivity index (χ0v) is 15.8. The first-order valence-corrected chi connectivity index (χ1v) is 10.4. The molecular formula is C20H19FN2O3S. The van der Waals surface area contributed by atoms with E-state index in [1.165, 1.54) is 35.0 Å². The van der Waals surface area contributed by atoms with E-state index in [0.717, 1.165) is 12.7 Å². The van der Waals surface area contributed by atoms with E-state index in [4.69, 9.17) is 0 Å². The molecule has 0 aliphatic heterocycles. The van der Waals surface area contributed by atoms with Crippen LogP contribution >= 0.6 is 0 Å². The summed E-state index contributed by atoms with van der Waals surface area (Å²) in [7, 11) is -3.31. The predicted octanol–water partition coefficient (Wildman–Crippen LogP) is 3.53. The van der Waals surface area contributed by atoms with Gasteiger partial charge in [-0.2, -0.15) is 5.10 Å². The van der Waals surface area contributed by atoms with Crippen LogP contribution < -0.4 is 5.56 Å². The van der Waals surface area contributed by atoms with E-state index in [0.29, 0.717) is 28.9 Å². The standard InChI is InChI=1S/C20H19FN2O3S/c1-3-12-23-19(24)13-18(14-6-10-17(11-7-14)27(2,25)26)20(22-23)15-4-8-16(21)9-5-15/h4-11,13H,3,12H2,1-2H3. The Labute approximate surface area is 157 Å². The zero-order valence-electron chi connectivity index (χ0n) is 15.0. The molecule has 0 saturated heterocycles. The highest BCUT2D eigenvalue weighted by atomic mass is 32.2. The molecule has 0 saturated carbocycles. The number of hydrogen-bond acceptors (Lipinski definition) is 4. The Morgan fingerprint density at radius 3 is 2.15 bits per heavy atom. The lowest BCUT2D eigenvalue weighted by Crippen LogP contribution is -2.23. The molecule has 140 valence electrons. The summed E-state index contributed by atoms with van der Waals surface area (Å²) < 4.78 is 38.0. The Morgan fingerprint density at radius 1 is 1.00 bits per heavy atom. The summed E-state index contributed by atoms with van der Waals surface area (Å²) in [6.45, 7) is 2.42. The van der Waals surface area contributed by atoms with Gasteiger partial charge in [0.25, 0.3) is 5.56 Å². The van der Waals surface area contributed by atoms with Crippen molar-refractivity contribution < 1.29 is 12.8 Å². The molecule has 0 amide bonds. The molecule has 3 rings (SSSR count). The summed E-state index contributed by atoms with van der Waals surface area (Å²) in [4.78, 5) is 12.6. The van der Waals surface area contributed by atoms with E-state index in [1.54, 1.807) is 24.3 Å². The minimum Gasteiger partial charge on any atom is -0.268 e. The molecule has 0 spiro atoms. The molecule has 7 heteroatoms. The number of aromatic nitrogens is 2. The quantitative estimate of drug-likeness (QED) is 0.673. The Bertz CT molecular complexity index is 1120. The van der Waals surface area contributed by atoms with Crippen LogP contribution in [-0.2, 0) is 16.4 Å². The van der Waals surface area contributed by atoms with Crippen molar-refractivity contribution in [3.8, 4) is 22.4 Å². The molecule has 0 bridgehead atoms. The van der Waals surface area contributed by atoms with Crippen LogP contribution in [0, 0.1) is 5.82 Å². The van der Waals surface area contributed by atoms with Crippen molar-refractivity contribution in [2.75, 3.05) is 6.26 Å². The molecule has 1 heterocycles. The molecule has 0 aliphatic rings. The Hall–Kier alpha value is -2.80. The molecule has 0 N–H and O–H groups in total. The molecule has 0 atom stereocenters. The maximum Gasteiger partial charge on any atom is 0.267 e. The molecule has 27 heavy (non-hydrogen) atoms. The molecule has 0 unspecified atom stereocenters. The topological polar surface area (TPSA) is 69.0 Å². The molecular weight excluding hydrogens is 367 g/mol. The van der Waals surface area contributed by atoms with E-state index < -0.39 is 9.84 Å². The van der Waals surface area contributed by atoms with Crippen molar-refractivity contribution in [1.29, 1.82) is 0 Å². The van der Waals surface area contributed by atoms with Crippen LogP contribution in [0.1, 0.15) is 13.3 Å². The molecule has 0 fully saturated rings. The third kappa shape index (κ3) is 4.14. The predicted molar refractivity (Wildman–Crippen MR) is 103 cm³/mol.